The molecule has 1 aromatic rings. The molecular formula is C10H14OS. The highest BCUT2D eigenvalue weighted by Crippen LogP contribution is 2.23. The van der Waals surface area contributed by atoms with Crippen molar-refractivity contribution in [1.29, 1.82) is 0 Å². The summed E-state index contributed by atoms with van der Waals surface area (Å²) >= 11 is 4.26. The maximum absolute atomic E-state index is 5.24. The first-order chi connectivity index (χ1) is 5.83. The van der Waals surface area contributed by atoms with Crippen LogP contribution in [-0.4, -0.2) is 7.11 Å². The number of hydrogen-bond donors (Lipinski definition) is 1. The summed E-state index contributed by atoms with van der Waals surface area (Å²) in [7, 11) is 1.71. The molecule has 0 radical (unpaired) electrons. The third kappa shape index (κ3) is 1.75. The molecule has 1 aromatic carbocycles. The van der Waals surface area contributed by atoms with Crippen molar-refractivity contribution in [1.82, 2.24) is 0 Å². The van der Waals surface area contributed by atoms with E-state index in [1.54, 1.807) is 7.11 Å². The monoisotopic (exact) mass is 182 g/mol. The van der Waals surface area contributed by atoms with Crippen LogP contribution >= 0.6 is 12.6 Å². The van der Waals surface area contributed by atoms with Crippen molar-refractivity contribution in [2.24, 2.45) is 0 Å². The maximum Gasteiger partial charge on any atom is 0.122 e. The normalized spacial score (nSPS) is 9.92. The predicted octanol–water partition coefficient (Wildman–Crippen LogP) is 2.69. The first kappa shape index (κ1) is 9.46. The van der Waals surface area contributed by atoms with Crippen LogP contribution in [0, 0.1) is 0 Å². The fraction of sp³-hybridized carbons (Fsp3) is 0.400. The fourth-order valence-corrected chi connectivity index (χ4v) is 1.65. The Kier molecular flexibility index (Phi) is 3.48. The maximum atomic E-state index is 5.24. The average Bonchev–Trinajstić information content (AvgIpc) is 2.16. The zero-order chi connectivity index (χ0) is 8.97. The van der Waals surface area contributed by atoms with E-state index >= 15 is 0 Å². The van der Waals surface area contributed by atoms with Crippen LogP contribution in [0.1, 0.15) is 18.1 Å². The Balaban J connectivity index is 3.13. The van der Waals surface area contributed by atoms with Crippen LogP contribution in [-0.2, 0) is 12.2 Å². The Morgan fingerprint density at radius 2 is 2.17 bits per heavy atom. The smallest absolute Gasteiger partial charge is 0.122 e. The Morgan fingerprint density at radius 1 is 1.42 bits per heavy atom. The lowest BCUT2D eigenvalue weighted by Crippen LogP contribution is -1.94. The van der Waals surface area contributed by atoms with Gasteiger partial charge in [0.15, 0.2) is 0 Å². The highest BCUT2D eigenvalue weighted by molar-refractivity contribution is 7.79. The van der Waals surface area contributed by atoms with Crippen LogP contribution in [0.25, 0.3) is 0 Å². The molecular weight excluding hydrogens is 168 g/mol. The summed E-state index contributed by atoms with van der Waals surface area (Å²) in [4.78, 5) is 0. The molecule has 0 bridgehead atoms. The molecule has 0 unspecified atom stereocenters. The van der Waals surface area contributed by atoms with Crippen molar-refractivity contribution >= 4 is 12.6 Å². The number of benzene rings is 1. The lowest BCUT2D eigenvalue weighted by atomic mass is 10.1. The second-order valence-electron chi connectivity index (χ2n) is 2.61. The summed E-state index contributed by atoms with van der Waals surface area (Å²) in [6.45, 7) is 2.13. The van der Waals surface area contributed by atoms with Gasteiger partial charge in [-0.3, -0.25) is 0 Å². The van der Waals surface area contributed by atoms with Crippen molar-refractivity contribution < 1.29 is 4.74 Å². The van der Waals surface area contributed by atoms with E-state index in [4.69, 9.17) is 4.74 Å². The molecule has 0 aliphatic rings. The molecule has 0 heterocycles. The first-order valence-corrected chi connectivity index (χ1v) is 4.72. The van der Waals surface area contributed by atoms with Gasteiger partial charge in [-0.1, -0.05) is 19.1 Å². The summed E-state index contributed by atoms with van der Waals surface area (Å²) in [6, 6.07) is 6.09. The molecule has 0 aliphatic carbocycles. The van der Waals surface area contributed by atoms with Gasteiger partial charge in [0, 0.05) is 5.75 Å². The molecule has 2 heteroatoms. The molecule has 0 atom stereocenters. The van der Waals surface area contributed by atoms with Crippen LogP contribution in [0.2, 0.25) is 0 Å². The second-order valence-corrected chi connectivity index (χ2v) is 2.93. The number of ether oxygens (including phenoxy) is 1. The van der Waals surface area contributed by atoms with E-state index in [9.17, 15) is 0 Å². The number of hydrogen-bond acceptors (Lipinski definition) is 2. The molecule has 0 spiro atoms. The molecule has 0 aromatic heterocycles. The quantitative estimate of drug-likeness (QED) is 0.707. The average molecular weight is 182 g/mol. The highest BCUT2D eigenvalue weighted by atomic mass is 32.1. The van der Waals surface area contributed by atoms with Gasteiger partial charge in [-0.05, 0) is 23.6 Å². The number of rotatable bonds is 3. The fourth-order valence-electron chi connectivity index (χ4n) is 1.35. The lowest BCUT2D eigenvalue weighted by molar-refractivity contribution is 0.409. The van der Waals surface area contributed by atoms with Gasteiger partial charge in [0.1, 0.15) is 5.75 Å². The Morgan fingerprint density at radius 3 is 2.67 bits per heavy atom. The first-order valence-electron chi connectivity index (χ1n) is 4.09. The van der Waals surface area contributed by atoms with Gasteiger partial charge < -0.3 is 4.74 Å². The predicted molar refractivity (Wildman–Crippen MR) is 55.1 cm³/mol. The zero-order valence-corrected chi connectivity index (χ0v) is 8.40. The molecule has 0 amide bonds. The van der Waals surface area contributed by atoms with Crippen LogP contribution in [0.15, 0.2) is 18.2 Å². The number of thiol groups is 1. The third-order valence-electron chi connectivity index (χ3n) is 1.97. The van der Waals surface area contributed by atoms with Gasteiger partial charge in [0.05, 0.1) is 7.11 Å². The second kappa shape index (κ2) is 4.41. The van der Waals surface area contributed by atoms with E-state index in [1.165, 1.54) is 11.1 Å². The Hall–Kier alpha value is -0.630. The lowest BCUT2D eigenvalue weighted by Gasteiger charge is -2.10. The summed E-state index contributed by atoms with van der Waals surface area (Å²) in [6.07, 6.45) is 1.000. The molecule has 0 N–H and O–H groups in total. The molecule has 1 nitrogen and oxygen atoms in total. The molecule has 0 saturated carbocycles. The highest BCUT2D eigenvalue weighted by Gasteiger charge is 2.04. The van der Waals surface area contributed by atoms with Crippen LogP contribution in [0.5, 0.6) is 5.75 Å². The Labute approximate surface area is 79.2 Å². The molecule has 66 valence electrons. The summed E-state index contributed by atoms with van der Waals surface area (Å²) in [5.74, 6) is 1.75. The van der Waals surface area contributed by atoms with Crippen molar-refractivity contribution in [3.05, 3.63) is 29.3 Å². The van der Waals surface area contributed by atoms with Gasteiger partial charge in [-0.15, -0.1) is 0 Å². The summed E-state index contributed by atoms with van der Waals surface area (Å²) in [5.41, 5.74) is 2.54. The van der Waals surface area contributed by atoms with E-state index in [2.05, 4.69) is 25.6 Å². The summed E-state index contributed by atoms with van der Waals surface area (Å²) < 4.78 is 5.24. The van der Waals surface area contributed by atoms with Crippen LogP contribution < -0.4 is 4.74 Å². The van der Waals surface area contributed by atoms with Gasteiger partial charge >= 0.3 is 0 Å². The van der Waals surface area contributed by atoms with Crippen LogP contribution in [0.3, 0.4) is 0 Å². The molecule has 12 heavy (non-hydrogen) atoms. The van der Waals surface area contributed by atoms with E-state index in [0.717, 1.165) is 17.9 Å². The van der Waals surface area contributed by atoms with E-state index < -0.39 is 0 Å². The largest absolute Gasteiger partial charge is 0.496 e. The van der Waals surface area contributed by atoms with Crippen LogP contribution in [0.4, 0.5) is 0 Å². The van der Waals surface area contributed by atoms with Crippen molar-refractivity contribution in [2.75, 3.05) is 7.11 Å². The molecule has 1 rings (SSSR count). The van der Waals surface area contributed by atoms with E-state index in [-0.39, 0.29) is 0 Å². The Bertz CT molecular complexity index is 236. The molecule has 0 saturated heterocycles. The minimum atomic E-state index is 0.778. The minimum Gasteiger partial charge on any atom is -0.496 e. The van der Waals surface area contributed by atoms with Crippen molar-refractivity contribution in [2.45, 2.75) is 19.1 Å². The van der Waals surface area contributed by atoms with Gasteiger partial charge in [0.2, 0.25) is 0 Å². The SMILES string of the molecule is CCc1c(CS)cccc1OC. The summed E-state index contributed by atoms with van der Waals surface area (Å²) in [5, 5.41) is 0. The van der Waals surface area contributed by atoms with Crippen molar-refractivity contribution in [3.8, 4) is 5.75 Å². The minimum absolute atomic E-state index is 0.778. The van der Waals surface area contributed by atoms with E-state index in [1.807, 2.05) is 12.1 Å². The number of methoxy groups -OCH3 is 1. The van der Waals surface area contributed by atoms with Crippen molar-refractivity contribution in [3.63, 3.8) is 0 Å². The zero-order valence-electron chi connectivity index (χ0n) is 7.50. The van der Waals surface area contributed by atoms with Gasteiger partial charge in [-0.2, -0.15) is 12.6 Å². The van der Waals surface area contributed by atoms with Gasteiger partial charge in [-0.25, -0.2) is 0 Å². The standard InChI is InChI=1S/C10H14OS/c1-3-9-8(7-12)5-4-6-10(9)11-2/h4-6,12H,3,7H2,1-2H3. The third-order valence-corrected chi connectivity index (χ3v) is 2.31. The van der Waals surface area contributed by atoms with E-state index in [0.29, 0.717) is 0 Å². The topological polar surface area (TPSA) is 9.23 Å². The molecule has 0 fully saturated rings. The molecule has 0 aliphatic heterocycles. The van der Waals surface area contributed by atoms with Gasteiger partial charge in [0.25, 0.3) is 0 Å².